The lowest BCUT2D eigenvalue weighted by molar-refractivity contribution is -0.121. The Morgan fingerprint density at radius 1 is 1.12 bits per heavy atom. The Kier molecular flexibility index (Phi) is 7.28. The molecule has 24 heavy (non-hydrogen) atoms. The first-order valence-corrected chi connectivity index (χ1v) is 9.36. The van der Waals surface area contributed by atoms with Gasteiger partial charge in [-0.15, -0.1) is 11.8 Å². The monoisotopic (exact) mass is 343 g/mol. The predicted molar refractivity (Wildman–Crippen MR) is 101 cm³/mol. The summed E-state index contributed by atoms with van der Waals surface area (Å²) >= 11 is 1.69. The summed E-state index contributed by atoms with van der Waals surface area (Å²) in [7, 11) is 0. The summed E-state index contributed by atoms with van der Waals surface area (Å²) in [5, 5.41) is 3.98. The second kappa shape index (κ2) is 9.45. The number of thioether (sulfide) groups is 1. The highest BCUT2D eigenvalue weighted by Crippen LogP contribution is 2.23. The van der Waals surface area contributed by atoms with Gasteiger partial charge in [-0.25, -0.2) is 4.98 Å². The Labute approximate surface area is 148 Å². The molecular weight excluding hydrogens is 318 g/mol. The van der Waals surface area contributed by atoms with Gasteiger partial charge in [0.2, 0.25) is 5.91 Å². The zero-order valence-corrected chi connectivity index (χ0v) is 15.3. The number of pyridine rings is 1. The standard InChI is InChI=1S/C19H25N3OS/c1-4-22(5-2)18(15-10-8-7-9-11-15)19(23)21-16-12-13-17(20-14-16)24-6-3/h7-14,18H,4-6H2,1-3H3,(H,21,23). The number of nitrogens with zero attached hydrogens (tertiary/aromatic N) is 2. The van der Waals surface area contributed by atoms with Crippen LogP contribution in [0.2, 0.25) is 0 Å². The van der Waals surface area contributed by atoms with Gasteiger partial charge in [0, 0.05) is 0 Å². The number of likely N-dealkylation sites (N-methyl/N-ethyl adjacent to an activating group) is 1. The second-order valence-corrected chi connectivity index (χ2v) is 6.63. The Balaban J connectivity index is 2.18. The fraction of sp³-hybridized carbons (Fsp3) is 0.368. The Morgan fingerprint density at radius 2 is 1.83 bits per heavy atom. The maximum atomic E-state index is 12.9. The molecule has 1 amide bonds. The molecule has 0 saturated carbocycles. The van der Waals surface area contributed by atoms with Crippen LogP contribution in [0.3, 0.4) is 0 Å². The molecule has 2 aromatic rings. The number of aromatic nitrogens is 1. The third kappa shape index (κ3) is 4.82. The number of rotatable bonds is 8. The van der Waals surface area contributed by atoms with Crippen LogP contribution < -0.4 is 5.32 Å². The molecule has 0 saturated heterocycles. The van der Waals surface area contributed by atoms with Crippen molar-refractivity contribution >= 4 is 23.4 Å². The van der Waals surface area contributed by atoms with Crippen LogP contribution in [0.1, 0.15) is 32.4 Å². The van der Waals surface area contributed by atoms with Crippen molar-refractivity contribution in [2.45, 2.75) is 31.8 Å². The normalized spacial score (nSPS) is 12.2. The first kappa shape index (κ1) is 18.5. The number of nitrogens with one attached hydrogen (secondary N) is 1. The van der Waals surface area contributed by atoms with Crippen LogP contribution in [0.15, 0.2) is 53.7 Å². The molecule has 1 N–H and O–H groups in total. The van der Waals surface area contributed by atoms with Gasteiger partial charge in [-0.05, 0) is 36.5 Å². The third-order valence-corrected chi connectivity index (χ3v) is 4.66. The van der Waals surface area contributed by atoms with E-state index >= 15 is 0 Å². The predicted octanol–water partition coefficient (Wildman–Crippen LogP) is 4.22. The van der Waals surface area contributed by atoms with Gasteiger partial charge in [0.1, 0.15) is 6.04 Å². The summed E-state index contributed by atoms with van der Waals surface area (Å²) in [6.07, 6.45) is 1.72. The third-order valence-electron chi connectivity index (χ3n) is 3.84. The van der Waals surface area contributed by atoms with Crippen molar-refractivity contribution in [3.8, 4) is 0 Å². The molecule has 5 heteroatoms. The number of amides is 1. The zero-order chi connectivity index (χ0) is 17.4. The summed E-state index contributed by atoms with van der Waals surface area (Å²) in [4.78, 5) is 19.4. The number of carbonyl (C=O) groups excluding carboxylic acids is 1. The molecule has 128 valence electrons. The molecule has 1 atom stereocenters. The SMILES string of the molecule is CCSc1ccc(NC(=O)C(c2ccccc2)N(CC)CC)cn1. The first-order valence-electron chi connectivity index (χ1n) is 8.38. The highest BCUT2D eigenvalue weighted by atomic mass is 32.2. The van der Waals surface area contributed by atoms with Crippen LogP contribution in [0.25, 0.3) is 0 Å². The summed E-state index contributed by atoms with van der Waals surface area (Å²) in [6.45, 7) is 7.87. The van der Waals surface area contributed by atoms with Crippen LogP contribution in [0.4, 0.5) is 5.69 Å². The van der Waals surface area contributed by atoms with Gasteiger partial charge in [0.25, 0.3) is 0 Å². The zero-order valence-electron chi connectivity index (χ0n) is 14.5. The molecule has 0 bridgehead atoms. The number of carbonyl (C=O) groups is 1. The first-order chi connectivity index (χ1) is 11.7. The molecule has 1 aromatic carbocycles. The fourth-order valence-electron chi connectivity index (χ4n) is 2.65. The van der Waals surface area contributed by atoms with Crippen LogP contribution in [-0.2, 0) is 4.79 Å². The molecular formula is C19H25N3OS. The average molecular weight is 343 g/mol. The summed E-state index contributed by atoms with van der Waals surface area (Å²) in [6, 6.07) is 13.5. The van der Waals surface area contributed by atoms with Crippen molar-refractivity contribution < 1.29 is 4.79 Å². The van der Waals surface area contributed by atoms with Gasteiger partial charge in [-0.2, -0.15) is 0 Å². The summed E-state index contributed by atoms with van der Waals surface area (Å²) < 4.78 is 0. The minimum absolute atomic E-state index is 0.0254. The van der Waals surface area contributed by atoms with E-state index in [1.165, 1.54) is 0 Å². The lowest BCUT2D eigenvalue weighted by Gasteiger charge is -2.29. The molecule has 0 aliphatic heterocycles. The minimum atomic E-state index is -0.300. The van der Waals surface area contributed by atoms with Gasteiger partial charge in [-0.3, -0.25) is 9.69 Å². The molecule has 2 rings (SSSR count). The minimum Gasteiger partial charge on any atom is -0.323 e. The molecule has 1 unspecified atom stereocenters. The maximum Gasteiger partial charge on any atom is 0.246 e. The van der Waals surface area contributed by atoms with E-state index < -0.39 is 0 Å². The van der Waals surface area contributed by atoms with Crippen LogP contribution in [0, 0.1) is 0 Å². The highest BCUT2D eigenvalue weighted by molar-refractivity contribution is 7.99. The highest BCUT2D eigenvalue weighted by Gasteiger charge is 2.25. The van der Waals surface area contributed by atoms with Crippen molar-refractivity contribution in [3.05, 3.63) is 54.2 Å². The largest absolute Gasteiger partial charge is 0.323 e. The molecule has 1 heterocycles. The molecule has 0 aliphatic carbocycles. The molecule has 0 spiro atoms. The Morgan fingerprint density at radius 3 is 2.38 bits per heavy atom. The van der Waals surface area contributed by atoms with Gasteiger partial charge >= 0.3 is 0 Å². The lowest BCUT2D eigenvalue weighted by atomic mass is 10.0. The van der Waals surface area contributed by atoms with E-state index in [-0.39, 0.29) is 11.9 Å². The quantitative estimate of drug-likeness (QED) is 0.729. The number of benzene rings is 1. The van der Waals surface area contributed by atoms with E-state index in [2.05, 4.69) is 36.0 Å². The van der Waals surface area contributed by atoms with Gasteiger partial charge in [0.05, 0.1) is 16.9 Å². The molecule has 0 fully saturated rings. The van der Waals surface area contributed by atoms with E-state index in [4.69, 9.17) is 0 Å². The second-order valence-electron chi connectivity index (χ2n) is 5.34. The average Bonchev–Trinajstić information content (AvgIpc) is 2.62. The topological polar surface area (TPSA) is 45.2 Å². The number of hydrogen-bond acceptors (Lipinski definition) is 4. The molecule has 0 aliphatic rings. The van der Waals surface area contributed by atoms with E-state index in [1.54, 1.807) is 18.0 Å². The molecule has 0 radical (unpaired) electrons. The Hall–Kier alpha value is -1.85. The van der Waals surface area contributed by atoms with Crippen molar-refractivity contribution in [1.82, 2.24) is 9.88 Å². The molecule has 4 nitrogen and oxygen atoms in total. The smallest absolute Gasteiger partial charge is 0.246 e. The maximum absolute atomic E-state index is 12.9. The Bertz CT molecular complexity index is 627. The van der Waals surface area contributed by atoms with Crippen LogP contribution in [-0.4, -0.2) is 34.6 Å². The lowest BCUT2D eigenvalue weighted by Crippen LogP contribution is -2.37. The van der Waals surface area contributed by atoms with Crippen molar-refractivity contribution in [1.29, 1.82) is 0 Å². The van der Waals surface area contributed by atoms with Crippen molar-refractivity contribution in [3.63, 3.8) is 0 Å². The van der Waals surface area contributed by atoms with Crippen LogP contribution >= 0.6 is 11.8 Å². The van der Waals surface area contributed by atoms with E-state index in [9.17, 15) is 4.79 Å². The van der Waals surface area contributed by atoms with Crippen molar-refractivity contribution in [2.75, 3.05) is 24.2 Å². The summed E-state index contributed by atoms with van der Waals surface area (Å²) in [5.41, 5.74) is 1.73. The molecule has 1 aromatic heterocycles. The van der Waals surface area contributed by atoms with E-state index in [1.807, 2.05) is 42.5 Å². The van der Waals surface area contributed by atoms with Gasteiger partial charge < -0.3 is 5.32 Å². The number of anilines is 1. The number of hydrogen-bond donors (Lipinski definition) is 1. The van der Waals surface area contributed by atoms with E-state index in [0.29, 0.717) is 0 Å². The van der Waals surface area contributed by atoms with Gasteiger partial charge in [0.15, 0.2) is 0 Å². The van der Waals surface area contributed by atoms with Gasteiger partial charge in [-0.1, -0.05) is 51.1 Å². The summed E-state index contributed by atoms with van der Waals surface area (Å²) in [5.74, 6) is 0.958. The van der Waals surface area contributed by atoms with Crippen LogP contribution in [0.5, 0.6) is 0 Å². The van der Waals surface area contributed by atoms with E-state index in [0.717, 1.165) is 35.1 Å². The van der Waals surface area contributed by atoms with Crippen molar-refractivity contribution in [2.24, 2.45) is 0 Å². The fourth-order valence-corrected chi connectivity index (χ4v) is 3.24.